The zero-order chi connectivity index (χ0) is 16.3. The van der Waals surface area contributed by atoms with E-state index in [9.17, 15) is 18.0 Å². The van der Waals surface area contributed by atoms with Crippen molar-refractivity contribution in [1.29, 1.82) is 0 Å². The zero-order valence-corrected chi connectivity index (χ0v) is 12.3. The molecule has 8 heteroatoms. The topological polar surface area (TPSA) is 78.9 Å². The highest BCUT2D eigenvalue weighted by Crippen LogP contribution is 2.36. The van der Waals surface area contributed by atoms with E-state index in [1.807, 2.05) is 0 Å². The lowest BCUT2D eigenvalue weighted by molar-refractivity contribution is -0.189. The minimum absolute atomic E-state index is 0.0299. The molecule has 1 rings (SSSR count). The molecule has 3 N–H and O–H groups in total. The summed E-state index contributed by atoms with van der Waals surface area (Å²) < 4.78 is 38.5. The maximum atomic E-state index is 12.8. The molecule has 1 fully saturated rings. The van der Waals surface area contributed by atoms with Crippen molar-refractivity contribution in [2.75, 3.05) is 13.1 Å². The van der Waals surface area contributed by atoms with Gasteiger partial charge in [-0.2, -0.15) is 13.2 Å². The summed E-state index contributed by atoms with van der Waals surface area (Å²) in [7, 11) is 0. The van der Waals surface area contributed by atoms with E-state index in [4.69, 9.17) is 10.9 Å². The summed E-state index contributed by atoms with van der Waals surface area (Å²) in [5, 5.41) is 11.8. The van der Waals surface area contributed by atoms with Gasteiger partial charge < -0.3 is 15.8 Å². The molecule has 1 atom stereocenters. The van der Waals surface area contributed by atoms with Crippen molar-refractivity contribution in [3.05, 3.63) is 0 Å². The summed E-state index contributed by atoms with van der Waals surface area (Å²) in [5.74, 6) is -2.24. The molecule has 0 bridgehead atoms. The Kier molecular flexibility index (Phi) is 5.47. The molecule has 1 unspecified atom stereocenters. The largest absolute Gasteiger partial charge is 0.409 e. The molecule has 5 nitrogen and oxygen atoms in total. The number of carbonyl (C=O) groups is 1. The number of hydrogen-bond donors (Lipinski definition) is 2. The third-order valence-corrected chi connectivity index (χ3v) is 4.39. The minimum atomic E-state index is -4.31. The van der Waals surface area contributed by atoms with Gasteiger partial charge in [-0.05, 0) is 25.7 Å². The van der Waals surface area contributed by atoms with Gasteiger partial charge in [0, 0.05) is 13.1 Å². The van der Waals surface area contributed by atoms with Gasteiger partial charge in [-0.25, -0.2) is 0 Å². The number of piperidine rings is 1. The van der Waals surface area contributed by atoms with Crippen LogP contribution >= 0.6 is 0 Å². The molecule has 0 aromatic carbocycles. The van der Waals surface area contributed by atoms with E-state index in [1.165, 1.54) is 4.90 Å². The summed E-state index contributed by atoms with van der Waals surface area (Å²) in [6, 6.07) is 0. The first-order valence-corrected chi connectivity index (χ1v) is 7.07. The molecule has 21 heavy (non-hydrogen) atoms. The standard InChI is InChI=1S/C13H22F3N3O2/c1-3-12(4-2,10(17)18-21)11(20)19-7-5-6-9(8-19)13(14,15)16/h9,21H,3-8H2,1-2H3,(H2,17,18). The number of rotatable bonds is 4. The summed E-state index contributed by atoms with van der Waals surface area (Å²) in [5.41, 5.74) is 4.40. The second kappa shape index (κ2) is 6.53. The maximum absolute atomic E-state index is 12.8. The Bertz CT molecular complexity index is 406. The second-order valence-electron chi connectivity index (χ2n) is 5.41. The Morgan fingerprint density at radius 2 is 1.95 bits per heavy atom. The number of alkyl halides is 3. The van der Waals surface area contributed by atoms with Gasteiger partial charge in [-0.3, -0.25) is 4.79 Å². The molecule has 0 radical (unpaired) electrons. The predicted octanol–water partition coefficient (Wildman–Crippen LogP) is 2.34. The van der Waals surface area contributed by atoms with E-state index in [1.54, 1.807) is 13.8 Å². The number of nitrogens with two attached hydrogens (primary N) is 1. The van der Waals surface area contributed by atoms with Crippen molar-refractivity contribution in [1.82, 2.24) is 4.90 Å². The average Bonchev–Trinajstić information content (AvgIpc) is 2.47. The lowest BCUT2D eigenvalue weighted by Crippen LogP contribution is -2.54. The SMILES string of the molecule is CCC(CC)(C(=O)N1CCCC(C(F)(F)F)C1)C(N)=NO. The lowest BCUT2D eigenvalue weighted by Gasteiger charge is -2.39. The highest BCUT2D eigenvalue weighted by Gasteiger charge is 2.47. The summed E-state index contributed by atoms with van der Waals surface area (Å²) >= 11 is 0. The Balaban J connectivity index is 3.00. The quantitative estimate of drug-likeness (QED) is 0.362. The van der Waals surface area contributed by atoms with Crippen LogP contribution in [-0.4, -0.2) is 41.1 Å². The first-order valence-electron chi connectivity index (χ1n) is 7.07. The van der Waals surface area contributed by atoms with Crippen LogP contribution in [0.15, 0.2) is 5.16 Å². The number of carbonyl (C=O) groups excluding carboxylic acids is 1. The molecule has 0 aliphatic carbocycles. The van der Waals surface area contributed by atoms with Crippen LogP contribution < -0.4 is 5.73 Å². The normalized spacial score (nSPS) is 21.5. The monoisotopic (exact) mass is 309 g/mol. The minimum Gasteiger partial charge on any atom is -0.409 e. The molecule has 122 valence electrons. The number of halogens is 3. The third kappa shape index (κ3) is 3.41. The second-order valence-corrected chi connectivity index (χ2v) is 5.41. The zero-order valence-electron chi connectivity index (χ0n) is 12.3. The van der Waals surface area contributed by atoms with Crippen LogP contribution in [0.3, 0.4) is 0 Å². The van der Waals surface area contributed by atoms with Crippen molar-refractivity contribution >= 4 is 11.7 Å². The van der Waals surface area contributed by atoms with Gasteiger partial charge in [-0.1, -0.05) is 19.0 Å². The van der Waals surface area contributed by atoms with Crippen molar-refractivity contribution in [3.8, 4) is 0 Å². The highest BCUT2D eigenvalue weighted by molar-refractivity contribution is 6.06. The number of hydrogen-bond acceptors (Lipinski definition) is 3. The fourth-order valence-electron chi connectivity index (χ4n) is 2.85. The summed E-state index contributed by atoms with van der Waals surface area (Å²) in [6.07, 6.45) is -3.44. The van der Waals surface area contributed by atoms with Crippen molar-refractivity contribution < 1.29 is 23.2 Å². The number of oxime groups is 1. The Hall–Kier alpha value is -1.47. The number of amides is 1. The van der Waals surface area contributed by atoms with Gasteiger partial charge in [-0.15, -0.1) is 0 Å². The molecular formula is C13H22F3N3O2. The molecule has 1 aliphatic heterocycles. The van der Waals surface area contributed by atoms with Gasteiger partial charge in [0.05, 0.1) is 5.92 Å². The molecule has 0 saturated carbocycles. The summed E-state index contributed by atoms with van der Waals surface area (Å²) in [6.45, 7) is 3.31. The van der Waals surface area contributed by atoms with E-state index >= 15 is 0 Å². The third-order valence-electron chi connectivity index (χ3n) is 4.39. The highest BCUT2D eigenvalue weighted by atomic mass is 19.4. The smallest absolute Gasteiger partial charge is 0.393 e. The van der Waals surface area contributed by atoms with Crippen molar-refractivity contribution in [3.63, 3.8) is 0 Å². The first kappa shape index (κ1) is 17.6. The van der Waals surface area contributed by atoms with Crippen LogP contribution in [0.1, 0.15) is 39.5 Å². The molecule has 1 heterocycles. The van der Waals surface area contributed by atoms with Gasteiger partial charge >= 0.3 is 6.18 Å². The number of likely N-dealkylation sites (tertiary alicyclic amines) is 1. The average molecular weight is 309 g/mol. The van der Waals surface area contributed by atoms with Crippen LogP contribution in [0, 0.1) is 11.3 Å². The maximum Gasteiger partial charge on any atom is 0.393 e. The van der Waals surface area contributed by atoms with Crippen LogP contribution in [0.4, 0.5) is 13.2 Å². The van der Waals surface area contributed by atoms with Crippen LogP contribution in [0.5, 0.6) is 0 Å². The van der Waals surface area contributed by atoms with Gasteiger partial charge in [0.25, 0.3) is 0 Å². The van der Waals surface area contributed by atoms with Crippen molar-refractivity contribution in [2.45, 2.75) is 45.7 Å². The fourth-order valence-corrected chi connectivity index (χ4v) is 2.85. The molecule has 1 aliphatic rings. The van der Waals surface area contributed by atoms with Crippen LogP contribution in [0.25, 0.3) is 0 Å². The van der Waals surface area contributed by atoms with Crippen LogP contribution in [-0.2, 0) is 4.79 Å². The van der Waals surface area contributed by atoms with Gasteiger partial charge in [0.1, 0.15) is 5.41 Å². The summed E-state index contributed by atoms with van der Waals surface area (Å²) in [4.78, 5) is 13.8. The Morgan fingerprint density at radius 3 is 2.38 bits per heavy atom. The van der Waals surface area contributed by atoms with E-state index in [0.29, 0.717) is 6.42 Å². The fraction of sp³-hybridized carbons (Fsp3) is 0.846. The Labute approximate surface area is 122 Å². The number of nitrogens with zero attached hydrogens (tertiary/aromatic N) is 2. The molecular weight excluding hydrogens is 287 g/mol. The van der Waals surface area contributed by atoms with E-state index in [-0.39, 0.29) is 38.2 Å². The van der Waals surface area contributed by atoms with E-state index in [0.717, 1.165) is 0 Å². The molecule has 1 amide bonds. The lowest BCUT2D eigenvalue weighted by atomic mass is 9.79. The Morgan fingerprint density at radius 1 is 1.38 bits per heavy atom. The molecule has 1 saturated heterocycles. The predicted molar refractivity (Wildman–Crippen MR) is 71.8 cm³/mol. The molecule has 0 spiro atoms. The number of amidine groups is 1. The molecule has 0 aromatic heterocycles. The molecule has 0 aromatic rings. The van der Waals surface area contributed by atoms with E-state index in [2.05, 4.69) is 5.16 Å². The van der Waals surface area contributed by atoms with Gasteiger partial charge in [0.15, 0.2) is 5.84 Å². The van der Waals surface area contributed by atoms with E-state index < -0.39 is 23.4 Å². The van der Waals surface area contributed by atoms with Crippen LogP contribution in [0.2, 0.25) is 0 Å². The first-order chi connectivity index (χ1) is 9.72. The van der Waals surface area contributed by atoms with Gasteiger partial charge in [0.2, 0.25) is 5.91 Å². The van der Waals surface area contributed by atoms with Crippen molar-refractivity contribution in [2.24, 2.45) is 22.2 Å².